The Kier molecular flexibility index (Phi) is 4.51. The second kappa shape index (κ2) is 7.11. The SMILES string of the molecule is CC(NC(=O)c1cccc(-n2cccn2)c1)c1nncn1C1CCCC1. The van der Waals surface area contributed by atoms with Crippen molar-refractivity contribution >= 4 is 5.91 Å². The number of benzene rings is 1. The van der Waals surface area contributed by atoms with Crippen LogP contribution in [-0.2, 0) is 0 Å². The molecule has 2 heterocycles. The van der Waals surface area contributed by atoms with Gasteiger partial charge in [0, 0.05) is 24.0 Å². The van der Waals surface area contributed by atoms with Crippen molar-refractivity contribution in [2.24, 2.45) is 0 Å². The van der Waals surface area contributed by atoms with E-state index >= 15 is 0 Å². The molecule has 7 nitrogen and oxygen atoms in total. The van der Waals surface area contributed by atoms with Crippen LogP contribution in [0.15, 0.2) is 49.1 Å². The molecule has 26 heavy (non-hydrogen) atoms. The molecule has 1 N–H and O–H groups in total. The number of nitrogens with one attached hydrogen (secondary N) is 1. The Hall–Kier alpha value is -2.96. The van der Waals surface area contributed by atoms with Crippen LogP contribution in [-0.4, -0.2) is 30.5 Å². The van der Waals surface area contributed by atoms with Crippen molar-refractivity contribution in [1.29, 1.82) is 0 Å². The second-order valence-corrected chi connectivity index (χ2v) is 6.73. The number of amides is 1. The van der Waals surface area contributed by atoms with Crippen LogP contribution < -0.4 is 5.32 Å². The predicted molar refractivity (Wildman–Crippen MR) is 97.0 cm³/mol. The third-order valence-corrected chi connectivity index (χ3v) is 4.93. The van der Waals surface area contributed by atoms with E-state index in [0.717, 1.165) is 24.4 Å². The first-order chi connectivity index (χ1) is 12.7. The summed E-state index contributed by atoms with van der Waals surface area (Å²) >= 11 is 0. The highest BCUT2D eigenvalue weighted by molar-refractivity contribution is 5.94. The highest BCUT2D eigenvalue weighted by atomic mass is 16.1. The molecule has 1 aliphatic rings. The van der Waals surface area contributed by atoms with Gasteiger partial charge in [0.05, 0.1) is 11.7 Å². The lowest BCUT2D eigenvalue weighted by molar-refractivity contribution is 0.0937. The lowest BCUT2D eigenvalue weighted by Crippen LogP contribution is -2.29. The second-order valence-electron chi connectivity index (χ2n) is 6.73. The van der Waals surface area contributed by atoms with Gasteiger partial charge in [0.15, 0.2) is 5.82 Å². The minimum Gasteiger partial charge on any atom is -0.342 e. The monoisotopic (exact) mass is 350 g/mol. The molecule has 2 aromatic heterocycles. The minimum absolute atomic E-state index is 0.132. The molecule has 134 valence electrons. The minimum atomic E-state index is -0.209. The highest BCUT2D eigenvalue weighted by Crippen LogP contribution is 2.31. The maximum Gasteiger partial charge on any atom is 0.251 e. The molecule has 3 aromatic rings. The van der Waals surface area contributed by atoms with Crippen LogP contribution in [0.5, 0.6) is 0 Å². The molecule has 1 atom stereocenters. The Morgan fingerprint density at radius 1 is 1.27 bits per heavy atom. The summed E-state index contributed by atoms with van der Waals surface area (Å²) in [5, 5.41) is 15.6. The largest absolute Gasteiger partial charge is 0.342 e. The van der Waals surface area contributed by atoms with Gasteiger partial charge in [0.1, 0.15) is 6.33 Å². The van der Waals surface area contributed by atoms with Crippen molar-refractivity contribution in [3.05, 3.63) is 60.4 Å². The van der Waals surface area contributed by atoms with Crippen LogP contribution in [0.3, 0.4) is 0 Å². The van der Waals surface area contributed by atoms with Crippen LogP contribution >= 0.6 is 0 Å². The Labute approximate surface area is 152 Å². The van der Waals surface area contributed by atoms with E-state index in [9.17, 15) is 4.79 Å². The van der Waals surface area contributed by atoms with Gasteiger partial charge in [-0.2, -0.15) is 5.10 Å². The van der Waals surface area contributed by atoms with Crippen LogP contribution in [0, 0.1) is 0 Å². The van der Waals surface area contributed by atoms with E-state index in [0.29, 0.717) is 11.6 Å². The van der Waals surface area contributed by atoms with Gasteiger partial charge in [0.2, 0.25) is 0 Å². The Morgan fingerprint density at radius 3 is 2.88 bits per heavy atom. The van der Waals surface area contributed by atoms with E-state index in [4.69, 9.17) is 0 Å². The van der Waals surface area contributed by atoms with Crippen molar-refractivity contribution in [2.75, 3.05) is 0 Å². The lowest BCUT2D eigenvalue weighted by atomic mass is 10.1. The first-order valence-electron chi connectivity index (χ1n) is 9.03. The molecule has 0 aliphatic heterocycles. The quantitative estimate of drug-likeness (QED) is 0.767. The van der Waals surface area contributed by atoms with E-state index < -0.39 is 0 Å². The molecule has 1 aliphatic carbocycles. The van der Waals surface area contributed by atoms with Crippen LogP contribution in [0.2, 0.25) is 0 Å². The van der Waals surface area contributed by atoms with E-state index in [1.165, 1.54) is 12.8 Å². The maximum atomic E-state index is 12.7. The lowest BCUT2D eigenvalue weighted by Gasteiger charge is -2.18. The molecule has 1 aromatic carbocycles. The van der Waals surface area contributed by atoms with Crippen LogP contribution in [0.4, 0.5) is 0 Å². The van der Waals surface area contributed by atoms with Crippen LogP contribution in [0.25, 0.3) is 5.69 Å². The van der Waals surface area contributed by atoms with Gasteiger partial charge >= 0.3 is 0 Å². The first kappa shape index (κ1) is 16.5. The maximum absolute atomic E-state index is 12.7. The molecule has 1 unspecified atom stereocenters. The number of aromatic nitrogens is 5. The molecule has 1 fully saturated rings. The van der Waals surface area contributed by atoms with Gasteiger partial charge in [-0.3, -0.25) is 4.79 Å². The Bertz CT molecular complexity index is 879. The standard InChI is InChI=1S/C19H22N6O/c1-14(18-23-20-13-24(18)16-7-2-3-8-16)22-19(26)15-6-4-9-17(12-15)25-11-5-10-21-25/h4-6,9-14,16H,2-3,7-8H2,1H3,(H,22,26). The van der Waals surface area contributed by atoms with E-state index in [2.05, 4.69) is 25.2 Å². The van der Waals surface area contributed by atoms with Gasteiger partial charge in [-0.1, -0.05) is 18.9 Å². The predicted octanol–water partition coefficient (Wildman–Crippen LogP) is 3.07. The van der Waals surface area contributed by atoms with Crippen molar-refractivity contribution < 1.29 is 4.79 Å². The fraction of sp³-hybridized carbons (Fsp3) is 0.368. The van der Waals surface area contributed by atoms with Crippen molar-refractivity contribution in [3.63, 3.8) is 0 Å². The van der Waals surface area contributed by atoms with E-state index in [1.807, 2.05) is 37.4 Å². The summed E-state index contributed by atoms with van der Waals surface area (Å²) in [7, 11) is 0. The van der Waals surface area contributed by atoms with Gasteiger partial charge in [-0.15, -0.1) is 10.2 Å². The first-order valence-corrected chi connectivity index (χ1v) is 9.03. The van der Waals surface area contributed by atoms with Gasteiger partial charge in [-0.25, -0.2) is 4.68 Å². The van der Waals surface area contributed by atoms with Crippen molar-refractivity contribution in [1.82, 2.24) is 29.9 Å². The fourth-order valence-corrected chi connectivity index (χ4v) is 3.58. The smallest absolute Gasteiger partial charge is 0.251 e. The number of carbonyl (C=O) groups is 1. The molecule has 7 heteroatoms. The summed E-state index contributed by atoms with van der Waals surface area (Å²) in [4.78, 5) is 12.7. The molecule has 0 spiro atoms. The normalized spacial score (nSPS) is 15.9. The third-order valence-electron chi connectivity index (χ3n) is 4.93. The number of rotatable bonds is 5. The van der Waals surface area contributed by atoms with Gasteiger partial charge in [0.25, 0.3) is 5.91 Å². The van der Waals surface area contributed by atoms with E-state index in [1.54, 1.807) is 23.3 Å². The molecule has 0 bridgehead atoms. The molecular formula is C19H22N6O. The molecular weight excluding hydrogens is 328 g/mol. The molecule has 0 radical (unpaired) electrons. The van der Waals surface area contributed by atoms with E-state index in [-0.39, 0.29) is 11.9 Å². The summed E-state index contributed by atoms with van der Waals surface area (Å²) in [6.45, 7) is 1.95. The summed E-state index contributed by atoms with van der Waals surface area (Å²) in [6, 6.07) is 9.50. The zero-order valence-corrected chi connectivity index (χ0v) is 14.7. The van der Waals surface area contributed by atoms with Gasteiger partial charge in [-0.05, 0) is 44.0 Å². The zero-order chi connectivity index (χ0) is 17.9. The molecule has 0 saturated heterocycles. The Morgan fingerprint density at radius 2 is 2.12 bits per heavy atom. The average Bonchev–Trinajstić information content (AvgIpc) is 3.43. The summed E-state index contributed by atoms with van der Waals surface area (Å²) in [5.74, 6) is 0.681. The summed E-state index contributed by atoms with van der Waals surface area (Å²) in [5.41, 5.74) is 1.45. The fourth-order valence-electron chi connectivity index (χ4n) is 3.58. The third kappa shape index (κ3) is 3.24. The molecule has 1 amide bonds. The van der Waals surface area contributed by atoms with Crippen molar-refractivity contribution in [3.8, 4) is 5.69 Å². The average molecular weight is 350 g/mol. The van der Waals surface area contributed by atoms with Gasteiger partial charge < -0.3 is 9.88 Å². The molecule has 1 saturated carbocycles. The molecule has 4 rings (SSSR count). The zero-order valence-electron chi connectivity index (χ0n) is 14.7. The van der Waals surface area contributed by atoms with Crippen molar-refractivity contribution in [2.45, 2.75) is 44.7 Å². The number of carbonyl (C=O) groups excluding carboxylic acids is 1. The number of nitrogens with zero attached hydrogens (tertiary/aromatic N) is 5. The number of hydrogen-bond acceptors (Lipinski definition) is 4. The number of hydrogen-bond donors (Lipinski definition) is 1. The Balaban J connectivity index is 1.50. The summed E-state index contributed by atoms with van der Waals surface area (Å²) in [6.07, 6.45) is 10.1. The highest BCUT2D eigenvalue weighted by Gasteiger charge is 2.23. The van der Waals surface area contributed by atoms with Crippen LogP contribution in [0.1, 0.15) is 60.9 Å². The topological polar surface area (TPSA) is 77.6 Å². The summed E-state index contributed by atoms with van der Waals surface area (Å²) < 4.78 is 3.86.